The van der Waals surface area contributed by atoms with Gasteiger partial charge in [0.15, 0.2) is 0 Å². The van der Waals surface area contributed by atoms with Gasteiger partial charge in [-0.2, -0.15) is 0 Å². The first kappa shape index (κ1) is 27.8. The predicted octanol–water partition coefficient (Wildman–Crippen LogP) is 2.23. The van der Waals surface area contributed by atoms with Crippen LogP contribution in [-0.4, -0.2) is 0 Å². The molecule has 0 heterocycles. The third-order valence-electron chi connectivity index (χ3n) is 6.64. The number of hydrogen-bond donors (Lipinski definition) is 0. The van der Waals surface area contributed by atoms with Gasteiger partial charge < -0.3 is 24.8 Å². The molecule has 0 radical (unpaired) electrons. The molecule has 0 bridgehead atoms. The summed E-state index contributed by atoms with van der Waals surface area (Å²) in [6, 6.07) is 22.8. The van der Waals surface area contributed by atoms with E-state index < -0.39 is 0 Å². The van der Waals surface area contributed by atoms with Crippen molar-refractivity contribution in [2.75, 3.05) is 0 Å². The minimum absolute atomic E-state index is 0. The van der Waals surface area contributed by atoms with Crippen LogP contribution < -0.4 is 24.8 Å². The van der Waals surface area contributed by atoms with E-state index in [0.717, 1.165) is 19.3 Å². The van der Waals surface area contributed by atoms with Gasteiger partial charge in [-0.25, -0.2) is 0 Å². The molecule has 0 nitrogen and oxygen atoms in total. The Hall–Kier alpha value is -1.40. The molecule has 3 heteroatoms. The maximum atomic E-state index is 2.51. The van der Waals surface area contributed by atoms with E-state index in [2.05, 4.69) is 85.8 Å². The van der Waals surface area contributed by atoms with Gasteiger partial charge in [0.05, 0.1) is 0 Å². The smallest absolute Gasteiger partial charge is 1.00 e. The van der Waals surface area contributed by atoms with E-state index in [4.69, 9.17) is 0 Å². The molecular weight excluding hydrogens is 522 g/mol. The van der Waals surface area contributed by atoms with Crippen molar-refractivity contribution < 1.29 is 51.0 Å². The summed E-state index contributed by atoms with van der Waals surface area (Å²) in [5.41, 5.74) is 12.8. The van der Waals surface area contributed by atoms with Gasteiger partial charge in [-0.3, -0.25) is 0 Å². The summed E-state index contributed by atoms with van der Waals surface area (Å²) >= 11 is 0. The maximum Gasteiger partial charge on any atom is 2.00 e. The number of unbranched alkanes of at least 4 members (excludes halogenated alkanes) is 4. The van der Waals surface area contributed by atoms with Crippen LogP contribution in [0.5, 0.6) is 0 Å². The zero-order chi connectivity index (χ0) is 20.3. The van der Waals surface area contributed by atoms with Gasteiger partial charge in [-0.05, 0) is 81.8 Å². The molecule has 3 aromatic carbocycles. The average Bonchev–Trinajstić information content (AvgIpc) is 3.40. The fraction of sp³-hybridized carbons (Fsp3) is 0.267. The van der Waals surface area contributed by atoms with Gasteiger partial charge in [0.25, 0.3) is 0 Å². The molecule has 0 spiro atoms. The van der Waals surface area contributed by atoms with Gasteiger partial charge in [0, 0.05) is 0 Å². The average molecular weight is 553 g/mol. The van der Waals surface area contributed by atoms with Crippen molar-refractivity contribution >= 4 is 11.6 Å². The molecule has 3 aromatic rings. The fourth-order valence-electron chi connectivity index (χ4n) is 5.04. The number of hydrogen-bond acceptors (Lipinski definition) is 0. The van der Waals surface area contributed by atoms with Crippen LogP contribution in [-0.2, 0) is 39.0 Å². The van der Waals surface area contributed by atoms with E-state index >= 15 is 0 Å². The quantitative estimate of drug-likeness (QED) is 0.309. The summed E-state index contributed by atoms with van der Waals surface area (Å²) in [5.74, 6) is 0. The van der Waals surface area contributed by atoms with Crippen molar-refractivity contribution in [3.8, 4) is 11.1 Å². The molecule has 168 valence electrons. The number of fused-ring (bicyclic) bond motifs is 4. The zero-order valence-corrected chi connectivity index (χ0v) is 23.2. The van der Waals surface area contributed by atoms with Gasteiger partial charge in [-0.15, -0.1) is 0 Å². The maximum absolute atomic E-state index is 2.51. The van der Waals surface area contributed by atoms with Crippen LogP contribution in [0.1, 0.15) is 72.4 Å². The van der Waals surface area contributed by atoms with Crippen LogP contribution in [0.3, 0.4) is 0 Å². The first-order chi connectivity index (χ1) is 14.8. The summed E-state index contributed by atoms with van der Waals surface area (Å²) in [4.78, 5) is 0. The van der Waals surface area contributed by atoms with Gasteiger partial charge in [0.2, 0.25) is 0 Å². The van der Waals surface area contributed by atoms with Gasteiger partial charge in [-0.1, -0.05) is 99.0 Å². The molecular formula is C30H30Cl2Zr. The van der Waals surface area contributed by atoms with Crippen LogP contribution in [0, 0.1) is 0 Å². The molecule has 0 N–H and O–H groups in total. The molecule has 0 saturated heterocycles. The Bertz CT molecular complexity index is 1140. The Morgan fingerprint density at radius 1 is 0.848 bits per heavy atom. The standard InChI is InChI=1S/C30H30.2ClH.Zr/c1-2-3-4-5-6-14-27(29-17-10-13-22-12-9-16-26(22)29)25-19-18-24-20-23-11-7-8-15-28(23)30(24)21-25;;;/h7-15,17-19,21H,2-6,16,20H2,1H3;2*1H;/q;;;+2/p-2. The second kappa shape index (κ2) is 12.9. The molecule has 0 fully saturated rings. The van der Waals surface area contributed by atoms with E-state index in [1.165, 1.54) is 75.8 Å². The van der Waals surface area contributed by atoms with Crippen molar-refractivity contribution in [3.05, 3.63) is 106 Å². The summed E-state index contributed by atoms with van der Waals surface area (Å²) < 4.78 is 0. The minimum Gasteiger partial charge on any atom is -1.00 e. The summed E-state index contributed by atoms with van der Waals surface area (Å²) in [6.45, 7) is 2.28. The van der Waals surface area contributed by atoms with Crippen molar-refractivity contribution in [3.63, 3.8) is 0 Å². The van der Waals surface area contributed by atoms with Crippen LogP contribution in [0.15, 0.2) is 72.8 Å². The van der Waals surface area contributed by atoms with Gasteiger partial charge >= 0.3 is 26.2 Å². The minimum atomic E-state index is 0. The predicted molar refractivity (Wildman–Crippen MR) is 130 cm³/mol. The molecule has 0 aromatic heterocycles. The Labute approximate surface area is 230 Å². The number of benzene rings is 3. The molecule has 33 heavy (non-hydrogen) atoms. The molecule has 2 aliphatic rings. The van der Waals surface area contributed by atoms with E-state index in [1.807, 2.05) is 0 Å². The number of halogens is 2. The molecule has 0 atom stereocenters. The largest absolute Gasteiger partial charge is 2.00 e. The van der Waals surface area contributed by atoms with Crippen LogP contribution in [0.25, 0.3) is 22.8 Å². The van der Waals surface area contributed by atoms with Crippen LogP contribution in [0.4, 0.5) is 0 Å². The fourth-order valence-corrected chi connectivity index (χ4v) is 5.04. The Balaban J connectivity index is 0.00000128. The van der Waals surface area contributed by atoms with E-state index in [-0.39, 0.29) is 51.0 Å². The topological polar surface area (TPSA) is 0 Å². The van der Waals surface area contributed by atoms with Crippen molar-refractivity contribution in [2.24, 2.45) is 0 Å². The first-order valence-corrected chi connectivity index (χ1v) is 11.6. The monoisotopic (exact) mass is 550 g/mol. The van der Waals surface area contributed by atoms with Crippen LogP contribution in [0.2, 0.25) is 0 Å². The second-order valence-electron chi connectivity index (χ2n) is 8.65. The molecule has 0 saturated carbocycles. The molecule has 0 aliphatic heterocycles. The third-order valence-corrected chi connectivity index (χ3v) is 6.64. The molecule has 0 unspecified atom stereocenters. The second-order valence-corrected chi connectivity index (χ2v) is 8.65. The van der Waals surface area contributed by atoms with Crippen molar-refractivity contribution in [1.29, 1.82) is 0 Å². The van der Waals surface area contributed by atoms with Crippen molar-refractivity contribution in [2.45, 2.75) is 51.9 Å². The SMILES string of the molecule is CCCCCCC=C(c1ccc2c(c1)-c1ccccc1C2)c1cccc2c1CC=C2.[Cl-].[Cl-].[Zr+2]. The summed E-state index contributed by atoms with van der Waals surface area (Å²) in [5, 5.41) is 0. The Morgan fingerprint density at radius 2 is 1.67 bits per heavy atom. The van der Waals surface area contributed by atoms with Gasteiger partial charge in [0.1, 0.15) is 0 Å². The van der Waals surface area contributed by atoms with E-state index in [0.29, 0.717) is 0 Å². The Kier molecular flexibility index (Phi) is 10.9. The molecule has 0 amide bonds. The zero-order valence-electron chi connectivity index (χ0n) is 19.2. The molecule has 5 rings (SSSR count). The number of allylic oxidation sites excluding steroid dienone is 2. The summed E-state index contributed by atoms with van der Waals surface area (Å²) in [6.07, 6.45) is 15.6. The van der Waals surface area contributed by atoms with E-state index in [9.17, 15) is 0 Å². The normalized spacial score (nSPS) is 12.7. The Morgan fingerprint density at radius 3 is 2.52 bits per heavy atom. The summed E-state index contributed by atoms with van der Waals surface area (Å²) in [7, 11) is 0. The molecule has 2 aliphatic carbocycles. The number of rotatable bonds is 7. The van der Waals surface area contributed by atoms with Crippen molar-refractivity contribution in [1.82, 2.24) is 0 Å². The third kappa shape index (κ3) is 5.82. The van der Waals surface area contributed by atoms with E-state index in [1.54, 1.807) is 0 Å². The van der Waals surface area contributed by atoms with Crippen LogP contribution >= 0.6 is 0 Å². The first-order valence-electron chi connectivity index (χ1n) is 11.6.